The first-order valence-corrected chi connectivity index (χ1v) is 8.43. The summed E-state index contributed by atoms with van der Waals surface area (Å²) in [5.74, 6) is 0. The molecule has 0 aliphatic carbocycles. The quantitative estimate of drug-likeness (QED) is 0.559. The smallest absolute Gasteiger partial charge is 0.169 e. The highest BCUT2D eigenvalue weighted by molar-refractivity contribution is 7.98. The first-order valence-electron chi connectivity index (χ1n) is 6.78. The fourth-order valence-corrected chi connectivity index (χ4v) is 3.73. The Morgan fingerprint density at radius 1 is 1.00 bits per heavy atom. The maximum Gasteiger partial charge on any atom is 0.169 e. The fraction of sp³-hybridized carbons (Fsp3) is 0.0625. The Bertz CT molecular complexity index is 911. The van der Waals surface area contributed by atoms with E-state index in [4.69, 9.17) is 0 Å². The molecule has 3 aromatic heterocycles. The number of nitrogens with zero attached hydrogens (tertiary/aromatic N) is 4. The molecule has 1 aromatic carbocycles. The van der Waals surface area contributed by atoms with Crippen molar-refractivity contribution in [2.24, 2.45) is 0 Å². The Labute approximate surface area is 136 Å². The largest absolute Gasteiger partial charge is 0.269 e. The van der Waals surface area contributed by atoms with Crippen molar-refractivity contribution in [2.45, 2.75) is 11.8 Å². The lowest BCUT2D eigenvalue weighted by atomic mass is 10.2. The van der Waals surface area contributed by atoms with Crippen molar-refractivity contribution in [3.05, 3.63) is 60.0 Å². The fourth-order valence-electron chi connectivity index (χ4n) is 2.22. The number of hydrogen-bond acceptors (Lipinski definition) is 5. The van der Waals surface area contributed by atoms with Crippen LogP contribution in [0.15, 0.2) is 59.3 Å². The summed E-state index contributed by atoms with van der Waals surface area (Å²) in [6.07, 6.45) is 7.32. The Kier molecular flexibility index (Phi) is 3.40. The van der Waals surface area contributed by atoms with Crippen LogP contribution in [0.4, 0.5) is 0 Å². The average molecular weight is 324 g/mol. The lowest BCUT2D eigenvalue weighted by Gasteiger charge is -2.03. The van der Waals surface area contributed by atoms with Crippen LogP contribution in [0.5, 0.6) is 0 Å². The van der Waals surface area contributed by atoms with Crippen LogP contribution >= 0.6 is 23.3 Å². The van der Waals surface area contributed by atoms with Gasteiger partial charge in [-0.25, -0.2) is 9.97 Å². The van der Waals surface area contributed by atoms with Gasteiger partial charge in [-0.1, -0.05) is 17.7 Å². The average Bonchev–Trinajstić information content (AvgIpc) is 3.18. The summed E-state index contributed by atoms with van der Waals surface area (Å²) in [7, 11) is 0. The van der Waals surface area contributed by atoms with E-state index in [1.54, 1.807) is 35.7 Å². The summed E-state index contributed by atoms with van der Waals surface area (Å²) in [6, 6.07) is 8.46. The minimum absolute atomic E-state index is 0.860. The predicted octanol–water partition coefficient (Wildman–Crippen LogP) is 4.42. The summed E-state index contributed by atoms with van der Waals surface area (Å²) in [5.41, 5.74) is 4.03. The van der Waals surface area contributed by atoms with Gasteiger partial charge < -0.3 is 0 Å². The first-order chi connectivity index (χ1) is 10.8. The van der Waals surface area contributed by atoms with Crippen molar-refractivity contribution in [2.75, 3.05) is 0 Å². The molecule has 3 heterocycles. The standard InChI is InChI=1S/C16H12N4S2/c1-11-2-4-12(5-3-11)22-20-10-13(16-19-8-9-21-16)14-15(20)18-7-6-17-14/h2-10H,1H3. The zero-order valence-corrected chi connectivity index (χ0v) is 13.4. The Hall–Kier alpha value is -2.18. The minimum Gasteiger partial charge on any atom is -0.269 e. The summed E-state index contributed by atoms with van der Waals surface area (Å²) in [4.78, 5) is 14.5. The second kappa shape index (κ2) is 5.55. The van der Waals surface area contributed by atoms with Crippen molar-refractivity contribution in [3.8, 4) is 10.6 Å². The van der Waals surface area contributed by atoms with Crippen molar-refractivity contribution < 1.29 is 0 Å². The monoisotopic (exact) mass is 324 g/mol. The number of hydrogen-bond donors (Lipinski definition) is 0. The van der Waals surface area contributed by atoms with Crippen LogP contribution in [-0.2, 0) is 0 Å². The van der Waals surface area contributed by atoms with Crippen molar-refractivity contribution in [1.29, 1.82) is 0 Å². The molecule has 0 fully saturated rings. The number of fused-ring (bicyclic) bond motifs is 1. The van der Waals surface area contributed by atoms with E-state index in [2.05, 4.69) is 56.3 Å². The van der Waals surface area contributed by atoms with Crippen LogP contribution in [0.25, 0.3) is 21.7 Å². The van der Waals surface area contributed by atoms with E-state index in [-0.39, 0.29) is 0 Å². The Morgan fingerprint density at radius 3 is 2.59 bits per heavy atom. The summed E-state index contributed by atoms with van der Waals surface area (Å²) < 4.78 is 2.06. The molecule has 108 valence electrons. The highest BCUT2D eigenvalue weighted by atomic mass is 32.2. The van der Waals surface area contributed by atoms with E-state index in [0.29, 0.717) is 0 Å². The van der Waals surface area contributed by atoms with Gasteiger partial charge in [0.25, 0.3) is 0 Å². The second-order valence-electron chi connectivity index (χ2n) is 4.84. The number of aromatic nitrogens is 4. The molecule has 0 saturated heterocycles. The third-order valence-electron chi connectivity index (χ3n) is 3.28. The third kappa shape index (κ3) is 2.40. The molecule has 0 N–H and O–H groups in total. The molecule has 22 heavy (non-hydrogen) atoms. The van der Waals surface area contributed by atoms with E-state index in [0.717, 1.165) is 21.7 Å². The molecule has 4 nitrogen and oxygen atoms in total. The molecule has 0 saturated carbocycles. The number of thiazole rings is 1. The SMILES string of the molecule is Cc1ccc(Sn2cc(-c3nccs3)c3nccnc32)cc1. The summed E-state index contributed by atoms with van der Waals surface area (Å²) >= 11 is 3.25. The summed E-state index contributed by atoms with van der Waals surface area (Å²) in [5, 5.41) is 2.94. The van der Waals surface area contributed by atoms with Gasteiger partial charge in [0.15, 0.2) is 5.65 Å². The zero-order chi connectivity index (χ0) is 14.9. The maximum absolute atomic E-state index is 4.48. The number of rotatable bonds is 3. The van der Waals surface area contributed by atoms with E-state index >= 15 is 0 Å². The molecule has 0 unspecified atom stereocenters. The zero-order valence-electron chi connectivity index (χ0n) is 11.8. The molecule has 0 radical (unpaired) electrons. The van der Waals surface area contributed by atoms with E-state index in [1.807, 2.05) is 11.6 Å². The highest BCUT2D eigenvalue weighted by Crippen LogP contribution is 2.33. The number of benzene rings is 1. The molecule has 4 aromatic rings. The molecule has 0 amide bonds. The van der Waals surface area contributed by atoms with Gasteiger partial charge in [0.1, 0.15) is 10.5 Å². The van der Waals surface area contributed by atoms with Gasteiger partial charge in [-0.15, -0.1) is 11.3 Å². The van der Waals surface area contributed by atoms with Crippen molar-refractivity contribution in [3.63, 3.8) is 0 Å². The Morgan fingerprint density at radius 2 is 1.82 bits per heavy atom. The molecular weight excluding hydrogens is 312 g/mol. The molecule has 0 bridgehead atoms. The third-order valence-corrected chi connectivity index (χ3v) is 5.04. The van der Waals surface area contributed by atoms with Crippen molar-refractivity contribution in [1.82, 2.24) is 18.9 Å². The number of aryl methyl sites for hydroxylation is 1. The van der Waals surface area contributed by atoms with Crippen LogP contribution < -0.4 is 0 Å². The van der Waals surface area contributed by atoms with Crippen LogP contribution in [0.1, 0.15) is 5.56 Å². The minimum atomic E-state index is 0.860. The predicted molar refractivity (Wildman–Crippen MR) is 91.1 cm³/mol. The molecule has 0 atom stereocenters. The summed E-state index contributed by atoms with van der Waals surface area (Å²) in [6.45, 7) is 2.09. The normalized spacial score (nSPS) is 11.1. The van der Waals surface area contributed by atoms with Crippen LogP contribution in [0.3, 0.4) is 0 Å². The maximum atomic E-state index is 4.48. The lowest BCUT2D eigenvalue weighted by molar-refractivity contribution is 1.21. The van der Waals surface area contributed by atoms with Crippen molar-refractivity contribution >= 4 is 34.4 Å². The molecule has 0 aliphatic rings. The van der Waals surface area contributed by atoms with Gasteiger partial charge in [-0.2, -0.15) is 0 Å². The van der Waals surface area contributed by atoms with E-state index in [1.165, 1.54) is 10.5 Å². The van der Waals surface area contributed by atoms with Gasteiger partial charge in [-0.05, 0) is 31.0 Å². The topological polar surface area (TPSA) is 43.6 Å². The molecular formula is C16H12N4S2. The van der Waals surface area contributed by atoms with Crippen LogP contribution in [0.2, 0.25) is 0 Å². The van der Waals surface area contributed by atoms with Gasteiger partial charge in [0, 0.05) is 35.1 Å². The molecule has 4 rings (SSSR count). The van der Waals surface area contributed by atoms with Gasteiger partial charge in [-0.3, -0.25) is 8.96 Å². The first kappa shape index (κ1) is 13.5. The molecule has 0 aliphatic heterocycles. The van der Waals surface area contributed by atoms with Gasteiger partial charge in [0.2, 0.25) is 0 Å². The second-order valence-corrected chi connectivity index (χ2v) is 6.78. The molecule has 6 heteroatoms. The highest BCUT2D eigenvalue weighted by Gasteiger charge is 2.15. The van der Waals surface area contributed by atoms with Gasteiger partial charge in [0.05, 0.1) is 5.56 Å². The van der Waals surface area contributed by atoms with E-state index < -0.39 is 0 Å². The van der Waals surface area contributed by atoms with Crippen LogP contribution in [0, 0.1) is 6.92 Å². The van der Waals surface area contributed by atoms with E-state index in [9.17, 15) is 0 Å². The van der Waals surface area contributed by atoms with Gasteiger partial charge >= 0.3 is 0 Å². The molecule has 0 spiro atoms. The Balaban J connectivity index is 1.82. The van der Waals surface area contributed by atoms with Crippen LogP contribution in [-0.4, -0.2) is 18.9 Å². The lowest BCUT2D eigenvalue weighted by Crippen LogP contribution is -1.87.